The summed E-state index contributed by atoms with van der Waals surface area (Å²) in [6.07, 6.45) is -4.37. The van der Waals surface area contributed by atoms with E-state index in [0.717, 1.165) is 0 Å². The average Bonchev–Trinajstić information content (AvgIpc) is 2.79. The van der Waals surface area contributed by atoms with Crippen molar-refractivity contribution in [2.75, 3.05) is 13.1 Å². The van der Waals surface area contributed by atoms with Gasteiger partial charge in [0.1, 0.15) is 5.41 Å². The van der Waals surface area contributed by atoms with Gasteiger partial charge in [-0.15, -0.1) is 0 Å². The first-order valence-electron chi connectivity index (χ1n) is 6.93. The molecule has 0 aromatic heterocycles. The SMILES string of the molecule is CC1(C)CC(C(=O)C2(C(F)(F)F)CCNC2)C(C)(C)O1. The summed E-state index contributed by atoms with van der Waals surface area (Å²) >= 11 is 0. The molecule has 0 radical (unpaired) electrons. The van der Waals surface area contributed by atoms with Crippen LogP contribution in [0, 0.1) is 11.3 Å². The fourth-order valence-corrected chi connectivity index (χ4v) is 3.59. The minimum atomic E-state index is -4.52. The Bertz CT molecular complexity index is 409. The molecular formula is C14H22F3NO2. The fourth-order valence-electron chi connectivity index (χ4n) is 3.59. The van der Waals surface area contributed by atoms with E-state index in [9.17, 15) is 18.0 Å². The standard InChI is InChI=1S/C14H22F3NO2/c1-11(2)7-9(12(3,4)20-11)10(19)13(14(15,16)17)5-6-18-8-13/h9,18H,5-8H2,1-4H3. The maximum atomic E-state index is 13.5. The Balaban J connectivity index is 2.35. The van der Waals surface area contributed by atoms with Gasteiger partial charge < -0.3 is 10.1 Å². The number of carbonyl (C=O) groups excluding carboxylic acids is 1. The van der Waals surface area contributed by atoms with Crippen molar-refractivity contribution in [2.45, 2.75) is 57.9 Å². The molecule has 0 aromatic carbocycles. The van der Waals surface area contributed by atoms with Crippen LogP contribution in [0.4, 0.5) is 13.2 Å². The second-order valence-electron chi connectivity index (χ2n) is 7.09. The highest BCUT2D eigenvalue weighted by molar-refractivity contribution is 5.89. The zero-order valence-corrected chi connectivity index (χ0v) is 12.4. The Hall–Kier alpha value is -0.620. The molecule has 116 valence electrons. The number of ether oxygens (including phenoxy) is 1. The first-order valence-corrected chi connectivity index (χ1v) is 6.93. The van der Waals surface area contributed by atoms with Gasteiger partial charge in [0.2, 0.25) is 0 Å². The molecule has 20 heavy (non-hydrogen) atoms. The summed E-state index contributed by atoms with van der Waals surface area (Å²) in [7, 11) is 0. The highest BCUT2D eigenvalue weighted by atomic mass is 19.4. The third-order valence-corrected chi connectivity index (χ3v) is 4.56. The number of halogens is 3. The topological polar surface area (TPSA) is 38.3 Å². The van der Waals surface area contributed by atoms with Crippen LogP contribution >= 0.6 is 0 Å². The lowest BCUT2D eigenvalue weighted by Crippen LogP contribution is -2.52. The van der Waals surface area contributed by atoms with Crippen LogP contribution in [0.1, 0.15) is 40.5 Å². The van der Waals surface area contributed by atoms with Crippen LogP contribution in [0.25, 0.3) is 0 Å². The summed E-state index contributed by atoms with van der Waals surface area (Å²) in [5, 5.41) is 2.69. The Labute approximate surface area is 117 Å². The number of hydrogen-bond acceptors (Lipinski definition) is 3. The molecule has 2 atom stereocenters. The molecule has 1 N–H and O–H groups in total. The van der Waals surface area contributed by atoms with E-state index < -0.39 is 34.5 Å². The van der Waals surface area contributed by atoms with Gasteiger partial charge in [-0.3, -0.25) is 4.79 Å². The molecule has 0 amide bonds. The Kier molecular flexibility index (Phi) is 3.50. The number of ketones is 1. The molecule has 0 bridgehead atoms. The Morgan fingerprint density at radius 2 is 1.85 bits per heavy atom. The van der Waals surface area contributed by atoms with E-state index in [-0.39, 0.29) is 19.5 Å². The van der Waals surface area contributed by atoms with E-state index in [1.807, 2.05) is 13.8 Å². The quantitative estimate of drug-likeness (QED) is 0.850. The molecule has 2 saturated heterocycles. The van der Waals surface area contributed by atoms with Crippen LogP contribution in [-0.4, -0.2) is 36.3 Å². The molecule has 0 aromatic rings. The normalized spacial score (nSPS) is 36.2. The summed E-state index contributed by atoms with van der Waals surface area (Å²) in [6.45, 7) is 6.95. The van der Waals surface area contributed by atoms with E-state index in [0.29, 0.717) is 6.42 Å². The van der Waals surface area contributed by atoms with Crippen LogP contribution < -0.4 is 5.32 Å². The van der Waals surface area contributed by atoms with Gasteiger partial charge in [-0.2, -0.15) is 13.2 Å². The van der Waals surface area contributed by atoms with Crippen molar-refractivity contribution in [3.63, 3.8) is 0 Å². The van der Waals surface area contributed by atoms with E-state index >= 15 is 0 Å². The van der Waals surface area contributed by atoms with Gasteiger partial charge >= 0.3 is 6.18 Å². The molecule has 0 spiro atoms. The predicted octanol–water partition coefficient (Wildman–Crippen LogP) is 2.69. The molecule has 2 heterocycles. The number of carbonyl (C=O) groups is 1. The highest BCUT2D eigenvalue weighted by Gasteiger charge is 2.65. The Morgan fingerprint density at radius 1 is 1.25 bits per heavy atom. The molecular weight excluding hydrogens is 271 g/mol. The largest absolute Gasteiger partial charge is 0.402 e. The molecule has 0 saturated carbocycles. The van der Waals surface area contributed by atoms with Gasteiger partial charge in [0.05, 0.1) is 11.2 Å². The molecule has 2 aliphatic rings. The monoisotopic (exact) mass is 293 g/mol. The van der Waals surface area contributed by atoms with Crippen molar-refractivity contribution in [1.82, 2.24) is 5.32 Å². The summed E-state index contributed by atoms with van der Waals surface area (Å²) in [6, 6.07) is 0. The van der Waals surface area contributed by atoms with Crippen molar-refractivity contribution in [3.05, 3.63) is 0 Å². The van der Waals surface area contributed by atoms with Gasteiger partial charge in [0.25, 0.3) is 0 Å². The predicted molar refractivity (Wildman–Crippen MR) is 68.3 cm³/mol. The lowest BCUT2D eigenvalue weighted by Gasteiger charge is -2.35. The van der Waals surface area contributed by atoms with Crippen molar-refractivity contribution >= 4 is 5.78 Å². The fraction of sp³-hybridized carbons (Fsp3) is 0.929. The molecule has 2 aliphatic heterocycles. The molecule has 2 unspecified atom stereocenters. The van der Waals surface area contributed by atoms with Crippen LogP contribution in [0.15, 0.2) is 0 Å². The number of alkyl halides is 3. The number of Topliss-reactive ketones (excluding diaryl/α,β-unsaturated/α-hetero) is 1. The molecule has 2 rings (SSSR count). The van der Waals surface area contributed by atoms with Gasteiger partial charge in [-0.05, 0) is 47.1 Å². The van der Waals surface area contributed by atoms with Crippen LogP contribution in [0.3, 0.4) is 0 Å². The first-order chi connectivity index (χ1) is 8.91. The van der Waals surface area contributed by atoms with Crippen LogP contribution in [-0.2, 0) is 9.53 Å². The van der Waals surface area contributed by atoms with Gasteiger partial charge in [-0.25, -0.2) is 0 Å². The third-order valence-electron chi connectivity index (χ3n) is 4.56. The van der Waals surface area contributed by atoms with Crippen molar-refractivity contribution in [2.24, 2.45) is 11.3 Å². The maximum absolute atomic E-state index is 13.5. The minimum absolute atomic E-state index is 0.178. The van der Waals surface area contributed by atoms with Crippen molar-refractivity contribution in [3.8, 4) is 0 Å². The van der Waals surface area contributed by atoms with Crippen molar-refractivity contribution < 1.29 is 22.7 Å². The van der Waals surface area contributed by atoms with E-state index in [1.54, 1.807) is 13.8 Å². The summed E-state index contributed by atoms with van der Waals surface area (Å²) in [4.78, 5) is 12.7. The maximum Gasteiger partial charge on any atom is 0.402 e. The van der Waals surface area contributed by atoms with E-state index in [2.05, 4.69) is 5.32 Å². The highest BCUT2D eigenvalue weighted by Crippen LogP contribution is 2.51. The van der Waals surface area contributed by atoms with E-state index in [4.69, 9.17) is 4.74 Å². The van der Waals surface area contributed by atoms with Crippen LogP contribution in [0.5, 0.6) is 0 Å². The number of rotatable bonds is 2. The average molecular weight is 293 g/mol. The second kappa shape index (κ2) is 4.44. The molecule has 0 aliphatic carbocycles. The third kappa shape index (κ3) is 2.37. The summed E-state index contributed by atoms with van der Waals surface area (Å²) < 4.78 is 46.2. The number of hydrogen-bond donors (Lipinski definition) is 1. The zero-order chi connectivity index (χ0) is 15.4. The van der Waals surface area contributed by atoms with Crippen molar-refractivity contribution in [1.29, 1.82) is 0 Å². The summed E-state index contributed by atoms with van der Waals surface area (Å²) in [5.41, 5.74) is -3.68. The number of nitrogens with one attached hydrogen (secondary N) is 1. The van der Waals surface area contributed by atoms with Gasteiger partial charge in [0.15, 0.2) is 5.78 Å². The van der Waals surface area contributed by atoms with Crippen LogP contribution in [0.2, 0.25) is 0 Å². The van der Waals surface area contributed by atoms with Gasteiger partial charge in [0, 0.05) is 12.5 Å². The first kappa shape index (κ1) is 15.8. The lowest BCUT2D eigenvalue weighted by molar-refractivity contribution is -0.218. The Morgan fingerprint density at radius 3 is 2.20 bits per heavy atom. The molecule has 2 fully saturated rings. The zero-order valence-electron chi connectivity index (χ0n) is 12.4. The smallest absolute Gasteiger partial charge is 0.369 e. The lowest BCUT2D eigenvalue weighted by atomic mass is 9.70. The van der Waals surface area contributed by atoms with E-state index in [1.165, 1.54) is 0 Å². The minimum Gasteiger partial charge on any atom is -0.369 e. The molecule has 3 nitrogen and oxygen atoms in total. The second-order valence-corrected chi connectivity index (χ2v) is 7.09. The molecule has 6 heteroatoms. The summed E-state index contributed by atoms with van der Waals surface area (Å²) in [5.74, 6) is -1.44. The van der Waals surface area contributed by atoms with Gasteiger partial charge in [-0.1, -0.05) is 0 Å².